The van der Waals surface area contributed by atoms with Crippen molar-refractivity contribution in [3.05, 3.63) is 0 Å². The Morgan fingerprint density at radius 2 is 2.07 bits per heavy atom. The molecule has 0 atom stereocenters. The van der Waals surface area contributed by atoms with Gasteiger partial charge in [0.15, 0.2) is 0 Å². The van der Waals surface area contributed by atoms with E-state index in [2.05, 4.69) is 5.32 Å². The first-order chi connectivity index (χ1) is 7.22. The molecule has 0 heterocycles. The van der Waals surface area contributed by atoms with Crippen LogP contribution in [0.4, 0.5) is 0 Å². The van der Waals surface area contributed by atoms with Gasteiger partial charge in [-0.3, -0.25) is 4.79 Å². The standard InChI is InChI=1S/C11H21NO3/c1-15-10-6-4-9(5-7-10)12-8-2-3-11(13)14/h9-10,12H,2-8H2,1H3,(H,13,14). The van der Waals surface area contributed by atoms with E-state index in [9.17, 15) is 4.79 Å². The Labute approximate surface area is 91.0 Å². The van der Waals surface area contributed by atoms with Crippen LogP contribution in [0.3, 0.4) is 0 Å². The molecule has 0 aromatic heterocycles. The van der Waals surface area contributed by atoms with E-state index in [1.807, 2.05) is 0 Å². The highest BCUT2D eigenvalue weighted by atomic mass is 16.5. The summed E-state index contributed by atoms with van der Waals surface area (Å²) < 4.78 is 5.29. The maximum absolute atomic E-state index is 10.3. The Balaban J connectivity index is 2.01. The minimum atomic E-state index is -0.708. The van der Waals surface area contributed by atoms with Crippen LogP contribution in [0.5, 0.6) is 0 Å². The molecule has 4 heteroatoms. The van der Waals surface area contributed by atoms with Gasteiger partial charge in [-0.25, -0.2) is 0 Å². The number of aliphatic carboxylic acids is 1. The van der Waals surface area contributed by atoms with E-state index >= 15 is 0 Å². The van der Waals surface area contributed by atoms with Crippen LogP contribution in [0, 0.1) is 0 Å². The van der Waals surface area contributed by atoms with Crippen LogP contribution < -0.4 is 5.32 Å². The topological polar surface area (TPSA) is 58.6 Å². The van der Waals surface area contributed by atoms with Gasteiger partial charge in [0.1, 0.15) is 0 Å². The quantitative estimate of drug-likeness (QED) is 0.657. The summed E-state index contributed by atoms with van der Waals surface area (Å²) in [7, 11) is 1.77. The molecule has 0 spiro atoms. The van der Waals surface area contributed by atoms with Gasteiger partial charge < -0.3 is 15.2 Å². The van der Waals surface area contributed by atoms with E-state index < -0.39 is 5.97 Å². The minimum Gasteiger partial charge on any atom is -0.481 e. The van der Waals surface area contributed by atoms with E-state index in [1.165, 1.54) is 0 Å². The van der Waals surface area contributed by atoms with Gasteiger partial charge in [0, 0.05) is 19.6 Å². The number of hydrogen-bond donors (Lipinski definition) is 2. The van der Waals surface area contributed by atoms with E-state index in [4.69, 9.17) is 9.84 Å². The first-order valence-electron chi connectivity index (χ1n) is 5.70. The van der Waals surface area contributed by atoms with Crippen molar-refractivity contribution in [3.63, 3.8) is 0 Å². The third kappa shape index (κ3) is 5.14. The van der Waals surface area contributed by atoms with Crippen LogP contribution in [0.15, 0.2) is 0 Å². The first-order valence-corrected chi connectivity index (χ1v) is 5.70. The molecule has 0 amide bonds. The van der Waals surface area contributed by atoms with Crippen LogP contribution in [-0.4, -0.2) is 36.9 Å². The molecule has 4 nitrogen and oxygen atoms in total. The van der Waals surface area contributed by atoms with Crippen LogP contribution in [0.2, 0.25) is 0 Å². The Morgan fingerprint density at radius 3 is 2.60 bits per heavy atom. The summed E-state index contributed by atoms with van der Waals surface area (Å²) in [5.74, 6) is -0.708. The maximum Gasteiger partial charge on any atom is 0.303 e. The average molecular weight is 215 g/mol. The third-order valence-corrected chi connectivity index (χ3v) is 3.01. The molecular formula is C11H21NO3. The fourth-order valence-electron chi connectivity index (χ4n) is 2.05. The largest absolute Gasteiger partial charge is 0.481 e. The number of carboxylic acid groups (broad SMARTS) is 1. The normalized spacial score (nSPS) is 26.5. The summed E-state index contributed by atoms with van der Waals surface area (Å²) in [5, 5.41) is 11.9. The molecule has 1 fully saturated rings. The molecule has 2 N–H and O–H groups in total. The monoisotopic (exact) mass is 215 g/mol. The highest BCUT2D eigenvalue weighted by molar-refractivity contribution is 5.66. The molecule has 88 valence electrons. The lowest BCUT2D eigenvalue weighted by Crippen LogP contribution is -2.35. The zero-order valence-corrected chi connectivity index (χ0v) is 9.37. The van der Waals surface area contributed by atoms with Gasteiger partial charge in [0.2, 0.25) is 0 Å². The molecule has 0 saturated heterocycles. The molecular weight excluding hydrogens is 194 g/mol. The number of carboxylic acids is 1. The molecule has 15 heavy (non-hydrogen) atoms. The second-order valence-corrected chi connectivity index (χ2v) is 4.16. The van der Waals surface area contributed by atoms with Crippen molar-refractivity contribution in [2.75, 3.05) is 13.7 Å². The SMILES string of the molecule is COC1CCC(NCCCC(=O)O)CC1. The van der Waals surface area contributed by atoms with E-state index in [-0.39, 0.29) is 6.42 Å². The van der Waals surface area contributed by atoms with E-state index in [0.717, 1.165) is 38.6 Å². The Morgan fingerprint density at radius 1 is 1.40 bits per heavy atom. The van der Waals surface area contributed by atoms with Crippen molar-refractivity contribution in [2.45, 2.75) is 50.7 Å². The molecule has 0 unspecified atom stereocenters. The first kappa shape index (κ1) is 12.5. The van der Waals surface area contributed by atoms with E-state index in [1.54, 1.807) is 7.11 Å². The molecule has 0 aromatic rings. The number of rotatable bonds is 6. The maximum atomic E-state index is 10.3. The van der Waals surface area contributed by atoms with Crippen molar-refractivity contribution in [3.8, 4) is 0 Å². The molecule has 1 rings (SSSR count). The predicted octanol–water partition coefficient (Wildman–Crippen LogP) is 1.40. The van der Waals surface area contributed by atoms with Crippen LogP contribution in [0.25, 0.3) is 0 Å². The number of nitrogens with one attached hydrogen (secondary N) is 1. The van der Waals surface area contributed by atoms with Crippen molar-refractivity contribution in [1.82, 2.24) is 5.32 Å². The van der Waals surface area contributed by atoms with Gasteiger partial charge in [-0.1, -0.05) is 0 Å². The highest BCUT2D eigenvalue weighted by Gasteiger charge is 2.19. The number of methoxy groups -OCH3 is 1. The van der Waals surface area contributed by atoms with Crippen LogP contribution in [0.1, 0.15) is 38.5 Å². The summed E-state index contributed by atoms with van der Waals surface area (Å²) in [6, 6.07) is 0.560. The van der Waals surface area contributed by atoms with Crippen molar-refractivity contribution in [1.29, 1.82) is 0 Å². The summed E-state index contributed by atoms with van der Waals surface area (Å²) in [4.78, 5) is 10.3. The van der Waals surface area contributed by atoms with Gasteiger partial charge >= 0.3 is 5.97 Å². The molecule has 0 bridgehead atoms. The zero-order valence-electron chi connectivity index (χ0n) is 9.37. The minimum absolute atomic E-state index is 0.264. The van der Waals surface area contributed by atoms with E-state index in [0.29, 0.717) is 12.1 Å². The predicted molar refractivity (Wildman–Crippen MR) is 57.9 cm³/mol. The number of carbonyl (C=O) groups is 1. The van der Waals surface area contributed by atoms with Gasteiger partial charge in [0.25, 0.3) is 0 Å². The fourth-order valence-corrected chi connectivity index (χ4v) is 2.05. The van der Waals surface area contributed by atoms with Crippen molar-refractivity contribution < 1.29 is 14.6 Å². The molecule has 0 radical (unpaired) electrons. The van der Waals surface area contributed by atoms with Gasteiger partial charge in [-0.15, -0.1) is 0 Å². The third-order valence-electron chi connectivity index (χ3n) is 3.01. The smallest absolute Gasteiger partial charge is 0.303 e. The zero-order chi connectivity index (χ0) is 11.1. The number of ether oxygens (including phenoxy) is 1. The lowest BCUT2D eigenvalue weighted by atomic mass is 9.93. The van der Waals surface area contributed by atoms with Gasteiger partial charge in [-0.2, -0.15) is 0 Å². The van der Waals surface area contributed by atoms with Crippen molar-refractivity contribution >= 4 is 5.97 Å². The Kier molecular flexibility index (Phi) is 5.65. The molecule has 1 aliphatic rings. The second-order valence-electron chi connectivity index (χ2n) is 4.16. The lowest BCUT2D eigenvalue weighted by Gasteiger charge is -2.28. The molecule has 1 saturated carbocycles. The molecule has 1 aliphatic carbocycles. The second kappa shape index (κ2) is 6.80. The Hall–Kier alpha value is -0.610. The summed E-state index contributed by atoms with van der Waals surface area (Å²) in [5.41, 5.74) is 0. The average Bonchev–Trinajstić information content (AvgIpc) is 2.25. The van der Waals surface area contributed by atoms with Gasteiger partial charge in [0.05, 0.1) is 6.10 Å². The summed E-state index contributed by atoms with van der Waals surface area (Å²) in [6.07, 6.45) is 5.94. The summed E-state index contributed by atoms with van der Waals surface area (Å²) in [6.45, 7) is 0.814. The molecule has 0 aromatic carbocycles. The highest BCUT2D eigenvalue weighted by Crippen LogP contribution is 2.20. The molecule has 0 aliphatic heterocycles. The van der Waals surface area contributed by atoms with Gasteiger partial charge in [-0.05, 0) is 38.6 Å². The number of hydrogen-bond acceptors (Lipinski definition) is 3. The lowest BCUT2D eigenvalue weighted by molar-refractivity contribution is -0.137. The van der Waals surface area contributed by atoms with Crippen molar-refractivity contribution in [2.24, 2.45) is 0 Å². The van der Waals surface area contributed by atoms with Crippen LogP contribution >= 0.6 is 0 Å². The summed E-state index contributed by atoms with van der Waals surface area (Å²) >= 11 is 0. The Bertz CT molecular complexity index is 188. The van der Waals surface area contributed by atoms with Crippen LogP contribution in [-0.2, 0) is 9.53 Å². The fraction of sp³-hybridized carbons (Fsp3) is 0.909.